The lowest BCUT2D eigenvalue weighted by Gasteiger charge is -2.32. The Bertz CT molecular complexity index is 608. The van der Waals surface area contributed by atoms with Gasteiger partial charge in [-0.25, -0.2) is 4.57 Å². The zero-order valence-electron chi connectivity index (χ0n) is 15.6. The van der Waals surface area contributed by atoms with Crippen molar-refractivity contribution in [2.24, 2.45) is 7.05 Å². The molecule has 1 aromatic heterocycles. The molecule has 0 saturated heterocycles. The smallest absolute Gasteiger partial charge is 0.210 e. The van der Waals surface area contributed by atoms with E-state index in [1.54, 1.807) is 0 Å². The van der Waals surface area contributed by atoms with Crippen molar-refractivity contribution < 1.29 is 13.8 Å². The van der Waals surface area contributed by atoms with Crippen LogP contribution in [-0.4, -0.2) is 37.8 Å². The van der Waals surface area contributed by atoms with E-state index in [-0.39, 0.29) is 6.10 Å². The van der Waals surface area contributed by atoms with Gasteiger partial charge in [0.15, 0.2) is 6.20 Å². The van der Waals surface area contributed by atoms with E-state index in [2.05, 4.69) is 87.2 Å². The van der Waals surface area contributed by atoms with Crippen LogP contribution in [0.4, 0.5) is 0 Å². The van der Waals surface area contributed by atoms with Gasteiger partial charge in [-0.05, 0) is 19.4 Å². The standard InChI is InChI=1S/C21H32N2O/c1-5-23(4,6-2)16-17-24-21(18-19-12-8-7-9-13-19)20-14-10-11-15-22(20)3/h7-15,21H,5-6,16-18H2,1-4H3/q+2. The fourth-order valence-electron chi connectivity index (χ4n) is 2.90. The Hall–Kier alpha value is -1.71. The molecule has 0 saturated carbocycles. The molecule has 1 unspecified atom stereocenters. The number of hydrogen-bond acceptors (Lipinski definition) is 1. The first-order valence-electron chi connectivity index (χ1n) is 9.01. The topological polar surface area (TPSA) is 13.1 Å². The van der Waals surface area contributed by atoms with Gasteiger partial charge in [0, 0.05) is 18.6 Å². The molecule has 0 radical (unpaired) electrons. The van der Waals surface area contributed by atoms with Crippen molar-refractivity contribution in [3.05, 3.63) is 66.0 Å². The molecule has 0 fully saturated rings. The van der Waals surface area contributed by atoms with Crippen LogP contribution in [0.15, 0.2) is 54.7 Å². The molecule has 0 spiro atoms. The summed E-state index contributed by atoms with van der Waals surface area (Å²) in [4.78, 5) is 0. The zero-order valence-corrected chi connectivity index (χ0v) is 15.6. The Morgan fingerprint density at radius 2 is 1.67 bits per heavy atom. The fraction of sp³-hybridized carbons (Fsp3) is 0.476. The lowest BCUT2D eigenvalue weighted by Crippen LogP contribution is -2.46. The maximum absolute atomic E-state index is 6.38. The summed E-state index contributed by atoms with van der Waals surface area (Å²) in [5, 5.41) is 0. The third kappa shape index (κ3) is 5.15. The summed E-state index contributed by atoms with van der Waals surface area (Å²) in [6.07, 6.45) is 3.08. The van der Waals surface area contributed by atoms with Crippen LogP contribution in [0.25, 0.3) is 0 Å². The van der Waals surface area contributed by atoms with Crippen LogP contribution in [0.3, 0.4) is 0 Å². The third-order valence-electron chi connectivity index (χ3n) is 5.17. The number of nitrogens with zero attached hydrogens (tertiary/aromatic N) is 2. The highest BCUT2D eigenvalue weighted by Gasteiger charge is 2.23. The van der Waals surface area contributed by atoms with Gasteiger partial charge in [0.1, 0.15) is 19.7 Å². The molecule has 0 aliphatic heterocycles. The Kier molecular flexibility index (Phi) is 6.95. The molecular formula is C21H32N2O+2. The zero-order chi connectivity index (χ0) is 17.4. The molecule has 2 aromatic rings. The molecule has 130 valence electrons. The van der Waals surface area contributed by atoms with Gasteiger partial charge in [0.2, 0.25) is 5.69 Å². The van der Waals surface area contributed by atoms with E-state index in [1.807, 2.05) is 0 Å². The van der Waals surface area contributed by atoms with Crippen molar-refractivity contribution in [1.82, 2.24) is 0 Å². The molecule has 0 aliphatic rings. The van der Waals surface area contributed by atoms with Crippen molar-refractivity contribution in [3.63, 3.8) is 0 Å². The van der Waals surface area contributed by atoms with Crippen LogP contribution in [0.1, 0.15) is 31.2 Å². The van der Waals surface area contributed by atoms with E-state index >= 15 is 0 Å². The summed E-state index contributed by atoms with van der Waals surface area (Å²) < 4.78 is 9.60. The Morgan fingerprint density at radius 3 is 2.29 bits per heavy atom. The van der Waals surface area contributed by atoms with E-state index in [1.165, 1.54) is 11.3 Å². The highest BCUT2D eigenvalue weighted by molar-refractivity contribution is 5.17. The molecule has 2 rings (SSSR count). The molecule has 3 nitrogen and oxygen atoms in total. The Morgan fingerprint density at radius 1 is 1.00 bits per heavy atom. The Balaban J connectivity index is 2.10. The quantitative estimate of drug-likeness (QED) is 0.508. The summed E-state index contributed by atoms with van der Waals surface area (Å²) >= 11 is 0. The first-order valence-corrected chi connectivity index (χ1v) is 9.01. The average Bonchev–Trinajstić information content (AvgIpc) is 2.62. The van der Waals surface area contributed by atoms with Crippen LogP contribution < -0.4 is 4.57 Å². The number of aromatic nitrogens is 1. The second-order valence-corrected chi connectivity index (χ2v) is 6.76. The first kappa shape index (κ1) is 18.6. The monoisotopic (exact) mass is 328 g/mol. The van der Waals surface area contributed by atoms with Crippen LogP contribution in [0.2, 0.25) is 0 Å². The average molecular weight is 329 g/mol. The second-order valence-electron chi connectivity index (χ2n) is 6.76. The maximum atomic E-state index is 6.38. The van der Waals surface area contributed by atoms with E-state index < -0.39 is 0 Å². The maximum Gasteiger partial charge on any atom is 0.210 e. The number of ether oxygens (including phenoxy) is 1. The predicted molar refractivity (Wildman–Crippen MR) is 98.6 cm³/mol. The van der Waals surface area contributed by atoms with Crippen molar-refractivity contribution >= 4 is 0 Å². The number of likely N-dealkylation sites (N-methyl/N-ethyl adjacent to an activating group) is 1. The minimum atomic E-state index is 0.0840. The molecule has 0 bridgehead atoms. The second kappa shape index (κ2) is 8.95. The summed E-state index contributed by atoms with van der Waals surface area (Å²) in [5.74, 6) is 0. The summed E-state index contributed by atoms with van der Waals surface area (Å²) in [5.41, 5.74) is 2.54. The van der Waals surface area contributed by atoms with E-state index in [4.69, 9.17) is 4.74 Å². The highest BCUT2D eigenvalue weighted by atomic mass is 16.5. The van der Waals surface area contributed by atoms with Gasteiger partial charge in [-0.3, -0.25) is 0 Å². The number of hydrogen-bond donors (Lipinski definition) is 0. The molecule has 1 atom stereocenters. The van der Waals surface area contributed by atoms with Crippen molar-refractivity contribution in [3.8, 4) is 0 Å². The van der Waals surface area contributed by atoms with Crippen LogP contribution in [0, 0.1) is 0 Å². The van der Waals surface area contributed by atoms with Gasteiger partial charge in [-0.1, -0.05) is 36.4 Å². The molecule has 0 N–H and O–H groups in total. The highest BCUT2D eigenvalue weighted by Crippen LogP contribution is 2.20. The van der Waals surface area contributed by atoms with Crippen molar-refractivity contribution in [2.45, 2.75) is 26.4 Å². The van der Waals surface area contributed by atoms with Gasteiger partial charge >= 0.3 is 0 Å². The minimum absolute atomic E-state index is 0.0840. The Labute approximate surface area is 147 Å². The predicted octanol–water partition coefficient (Wildman–Crippen LogP) is 3.30. The van der Waals surface area contributed by atoms with Gasteiger partial charge in [0.25, 0.3) is 0 Å². The first-order chi connectivity index (χ1) is 11.6. The summed E-state index contributed by atoms with van der Waals surface area (Å²) in [7, 11) is 4.40. The normalized spacial score (nSPS) is 13.0. The molecule has 0 amide bonds. The van der Waals surface area contributed by atoms with Gasteiger partial charge in [0.05, 0.1) is 26.7 Å². The van der Waals surface area contributed by atoms with Crippen LogP contribution >= 0.6 is 0 Å². The van der Waals surface area contributed by atoms with Crippen LogP contribution in [0.5, 0.6) is 0 Å². The molecule has 24 heavy (non-hydrogen) atoms. The SMILES string of the molecule is CC[N+](C)(CC)CCOC(Cc1ccccc1)c1cccc[n+]1C. The minimum Gasteiger partial charge on any atom is -0.361 e. The number of rotatable bonds is 9. The number of pyridine rings is 1. The molecule has 1 aromatic carbocycles. The van der Waals surface area contributed by atoms with E-state index in [0.29, 0.717) is 0 Å². The number of aryl methyl sites for hydroxylation is 1. The van der Waals surface area contributed by atoms with E-state index in [0.717, 1.165) is 37.1 Å². The van der Waals surface area contributed by atoms with Gasteiger partial charge < -0.3 is 9.22 Å². The number of benzene rings is 1. The number of quaternary nitrogens is 1. The molecule has 3 heteroatoms. The van der Waals surface area contributed by atoms with Gasteiger partial charge in [-0.2, -0.15) is 0 Å². The molecule has 1 heterocycles. The van der Waals surface area contributed by atoms with E-state index in [9.17, 15) is 0 Å². The summed E-state index contributed by atoms with van der Waals surface area (Å²) in [6.45, 7) is 8.62. The van der Waals surface area contributed by atoms with Crippen LogP contribution in [-0.2, 0) is 18.2 Å². The van der Waals surface area contributed by atoms with Gasteiger partial charge in [-0.15, -0.1) is 0 Å². The fourth-order valence-corrected chi connectivity index (χ4v) is 2.90. The van der Waals surface area contributed by atoms with Crippen molar-refractivity contribution in [2.75, 3.05) is 33.3 Å². The molecule has 0 aliphatic carbocycles. The third-order valence-corrected chi connectivity index (χ3v) is 5.17. The van der Waals surface area contributed by atoms with Crippen molar-refractivity contribution in [1.29, 1.82) is 0 Å². The lowest BCUT2D eigenvalue weighted by molar-refractivity contribution is -0.906. The largest absolute Gasteiger partial charge is 0.361 e. The summed E-state index contributed by atoms with van der Waals surface area (Å²) in [6, 6.07) is 16.9. The lowest BCUT2D eigenvalue weighted by atomic mass is 10.0. The molecular weight excluding hydrogens is 296 g/mol.